The number of aromatic nitrogens is 1. The van der Waals surface area contributed by atoms with Gasteiger partial charge in [0.25, 0.3) is 5.91 Å². The smallest absolute Gasteiger partial charge is 0.384 e. The fourth-order valence-electron chi connectivity index (χ4n) is 7.56. The number of halogens is 3. The summed E-state index contributed by atoms with van der Waals surface area (Å²) < 4.78 is 39.1. The third-order valence-corrected chi connectivity index (χ3v) is 10.1. The Morgan fingerprint density at radius 2 is 1.70 bits per heavy atom. The third-order valence-electron chi connectivity index (χ3n) is 10.1. The van der Waals surface area contributed by atoms with Crippen molar-refractivity contribution in [2.75, 3.05) is 57.8 Å². The standard InChI is InChI=1S/C32H41F3N6O3/c1-38-15-17-39(18-16-38)25-5-6-28(36-20-25)31(44)11-7-24(8-12-31)40-13-9-27-26(40)10-14-41(27)29(42)21-37-30(43)22-3-2-4-23(19-22)32(33,34)35/h2-6,19-20,24,26-27,44H,7-18,21H2,1H3,(H,37,43)/t24?,26-,27-,31?/m0/s1. The van der Waals surface area contributed by atoms with Crippen molar-refractivity contribution in [2.45, 2.75) is 68.4 Å². The molecule has 1 aromatic heterocycles. The van der Waals surface area contributed by atoms with E-state index in [1.54, 1.807) is 0 Å². The number of fused-ring (bicyclic) bond motifs is 1. The fourth-order valence-corrected chi connectivity index (χ4v) is 7.56. The van der Waals surface area contributed by atoms with Gasteiger partial charge in [-0.15, -0.1) is 0 Å². The van der Waals surface area contributed by atoms with Gasteiger partial charge >= 0.3 is 6.18 Å². The van der Waals surface area contributed by atoms with Crippen LogP contribution in [0.2, 0.25) is 0 Å². The van der Waals surface area contributed by atoms with E-state index in [-0.39, 0.29) is 30.1 Å². The highest BCUT2D eigenvalue weighted by molar-refractivity contribution is 5.96. The molecule has 0 radical (unpaired) electrons. The normalized spacial score (nSPS) is 28.2. The van der Waals surface area contributed by atoms with Crippen molar-refractivity contribution in [3.05, 3.63) is 59.4 Å². The van der Waals surface area contributed by atoms with E-state index in [0.717, 1.165) is 81.9 Å². The average Bonchev–Trinajstić information content (AvgIpc) is 3.63. The Bertz CT molecular complexity index is 1340. The molecule has 2 atom stereocenters. The molecular weight excluding hydrogens is 573 g/mol. The second-order valence-electron chi connectivity index (χ2n) is 12.8. The Labute approximate surface area is 256 Å². The van der Waals surface area contributed by atoms with E-state index in [4.69, 9.17) is 4.98 Å². The average molecular weight is 615 g/mol. The molecule has 4 fully saturated rings. The summed E-state index contributed by atoms with van der Waals surface area (Å²) in [6.07, 6.45) is 2.00. The zero-order valence-corrected chi connectivity index (χ0v) is 25.1. The molecule has 0 spiro atoms. The van der Waals surface area contributed by atoms with Crippen LogP contribution in [0, 0.1) is 0 Å². The van der Waals surface area contributed by atoms with Crippen LogP contribution in [-0.4, -0.2) is 108 Å². The number of carbonyl (C=O) groups excluding carboxylic acids is 2. The van der Waals surface area contributed by atoms with E-state index in [1.165, 1.54) is 12.1 Å². The molecular formula is C32H41F3N6O3. The topological polar surface area (TPSA) is 92.3 Å². The van der Waals surface area contributed by atoms with Gasteiger partial charge in [-0.3, -0.25) is 19.5 Å². The first-order chi connectivity index (χ1) is 21.0. The number of hydrogen-bond donors (Lipinski definition) is 2. The summed E-state index contributed by atoms with van der Waals surface area (Å²) in [5.41, 5.74) is -0.138. The van der Waals surface area contributed by atoms with Crippen molar-refractivity contribution < 1.29 is 27.9 Å². The molecule has 0 unspecified atom stereocenters. The van der Waals surface area contributed by atoms with E-state index in [0.29, 0.717) is 25.4 Å². The second-order valence-corrected chi connectivity index (χ2v) is 12.8. The molecule has 2 N–H and O–H groups in total. The lowest BCUT2D eigenvalue weighted by atomic mass is 9.79. The Morgan fingerprint density at radius 3 is 2.39 bits per heavy atom. The summed E-state index contributed by atoms with van der Waals surface area (Å²) in [5.74, 6) is -0.921. The van der Waals surface area contributed by atoms with Crippen LogP contribution < -0.4 is 10.2 Å². The molecule has 1 saturated carbocycles. The molecule has 12 heteroatoms. The first-order valence-electron chi connectivity index (χ1n) is 15.6. The summed E-state index contributed by atoms with van der Waals surface area (Å²) in [5, 5.41) is 14.0. The summed E-state index contributed by atoms with van der Waals surface area (Å²) >= 11 is 0. The summed E-state index contributed by atoms with van der Waals surface area (Å²) in [7, 11) is 2.13. The minimum Gasteiger partial charge on any atom is -0.384 e. The quantitative estimate of drug-likeness (QED) is 0.517. The highest BCUT2D eigenvalue weighted by Gasteiger charge is 2.48. The number of pyridine rings is 1. The largest absolute Gasteiger partial charge is 0.416 e. The molecule has 6 rings (SSSR count). The van der Waals surface area contributed by atoms with E-state index in [1.807, 2.05) is 17.2 Å². The number of likely N-dealkylation sites (N-methyl/N-ethyl adjacent to an activating group) is 1. The molecule has 3 aliphatic heterocycles. The SMILES string of the molecule is CN1CCN(c2ccc(C3(O)CCC(N4CC[C@H]5[C@@H]4CCN5C(=O)CNC(=O)c4cccc(C(F)(F)F)c4)CC3)nc2)CC1. The first-order valence-corrected chi connectivity index (χ1v) is 15.6. The lowest BCUT2D eigenvalue weighted by molar-refractivity contribution is -0.137. The van der Waals surface area contributed by atoms with Gasteiger partial charge in [-0.2, -0.15) is 13.2 Å². The molecule has 4 heterocycles. The Kier molecular flexibility index (Phi) is 8.60. The number of piperazine rings is 1. The van der Waals surface area contributed by atoms with Crippen LogP contribution in [-0.2, 0) is 16.6 Å². The molecule has 2 aromatic rings. The minimum atomic E-state index is -4.55. The van der Waals surface area contributed by atoms with Crippen LogP contribution in [0.4, 0.5) is 18.9 Å². The van der Waals surface area contributed by atoms with Gasteiger partial charge < -0.3 is 25.1 Å². The number of rotatable bonds is 6. The van der Waals surface area contributed by atoms with Crippen molar-refractivity contribution >= 4 is 17.5 Å². The number of likely N-dealkylation sites (tertiary alicyclic amines) is 2. The Hall–Kier alpha value is -3.22. The van der Waals surface area contributed by atoms with Crippen molar-refractivity contribution in [3.8, 4) is 0 Å². The summed E-state index contributed by atoms with van der Waals surface area (Å²) in [6.45, 7) is 5.20. The van der Waals surface area contributed by atoms with E-state index >= 15 is 0 Å². The molecule has 2 amide bonds. The van der Waals surface area contributed by atoms with Crippen LogP contribution in [0.1, 0.15) is 60.1 Å². The molecule has 4 aliphatic rings. The van der Waals surface area contributed by atoms with Crippen LogP contribution in [0.5, 0.6) is 0 Å². The van der Waals surface area contributed by atoms with Gasteiger partial charge in [-0.25, -0.2) is 0 Å². The van der Waals surface area contributed by atoms with Crippen LogP contribution >= 0.6 is 0 Å². The monoisotopic (exact) mass is 614 g/mol. The number of aliphatic hydroxyl groups is 1. The van der Waals surface area contributed by atoms with E-state index in [9.17, 15) is 27.9 Å². The molecule has 9 nitrogen and oxygen atoms in total. The number of carbonyl (C=O) groups is 2. The van der Waals surface area contributed by atoms with Gasteiger partial charge in [-0.1, -0.05) is 6.07 Å². The molecule has 1 aliphatic carbocycles. The lowest BCUT2D eigenvalue weighted by Gasteiger charge is -2.41. The minimum absolute atomic E-state index is 0.0533. The van der Waals surface area contributed by atoms with Crippen molar-refractivity contribution in [1.29, 1.82) is 0 Å². The maximum atomic E-state index is 13.1. The maximum Gasteiger partial charge on any atom is 0.416 e. The number of amides is 2. The van der Waals surface area contributed by atoms with Gasteiger partial charge in [0.2, 0.25) is 5.91 Å². The zero-order valence-electron chi connectivity index (χ0n) is 25.1. The van der Waals surface area contributed by atoms with E-state index < -0.39 is 23.2 Å². The highest BCUT2D eigenvalue weighted by atomic mass is 19.4. The Balaban J connectivity index is 0.997. The maximum absolute atomic E-state index is 13.1. The molecule has 44 heavy (non-hydrogen) atoms. The zero-order chi connectivity index (χ0) is 31.1. The molecule has 3 saturated heterocycles. The predicted molar refractivity (Wildman–Crippen MR) is 159 cm³/mol. The van der Waals surface area contributed by atoms with Crippen molar-refractivity contribution in [3.63, 3.8) is 0 Å². The van der Waals surface area contributed by atoms with Gasteiger partial charge in [0, 0.05) is 63.0 Å². The second kappa shape index (κ2) is 12.3. The number of anilines is 1. The number of alkyl halides is 3. The van der Waals surface area contributed by atoms with Crippen molar-refractivity contribution in [2.24, 2.45) is 0 Å². The van der Waals surface area contributed by atoms with Gasteiger partial charge in [-0.05, 0) is 75.9 Å². The number of hydrogen-bond acceptors (Lipinski definition) is 7. The fraction of sp³-hybridized carbons (Fsp3) is 0.594. The summed E-state index contributed by atoms with van der Waals surface area (Å²) in [6, 6.07) is 8.87. The van der Waals surface area contributed by atoms with Gasteiger partial charge in [0.05, 0.1) is 29.7 Å². The number of benzene rings is 1. The van der Waals surface area contributed by atoms with Crippen LogP contribution in [0.3, 0.4) is 0 Å². The Morgan fingerprint density at radius 1 is 0.977 bits per heavy atom. The first kappa shape index (κ1) is 30.8. The van der Waals surface area contributed by atoms with Crippen LogP contribution in [0.25, 0.3) is 0 Å². The van der Waals surface area contributed by atoms with E-state index in [2.05, 4.69) is 33.1 Å². The van der Waals surface area contributed by atoms with Gasteiger partial charge in [0.15, 0.2) is 0 Å². The number of nitrogens with zero attached hydrogens (tertiary/aromatic N) is 5. The molecule has 0 bridgehead atoms. The lowest BCUT2D eigenvalue weighted by Crippen LogP contribution is -2.47. The number of nitrogens with one attached hydrogen (secondary N) is 1. The van der Waals surface area contributed by atoms with Crippen molar-refractivity contribution in [1.82, 2.24) is 25.0 Å². The molecule has 238 valence electrons. The highest BCUT2D eigenvalue weighted by Crippen LogP contribution is 2.42. The predicted octanol–water partition coefficient (Wildman–Crippen LogP) is 3.09. The summed E-state index contributed by atoms with van der Waals surface area (Å²) in [4.78, 5) is 39.2. The van der Waals surface area contributed by atoms with Crippen LogP contribution in [0.15, 0.2) is 42.6 Å². The third kappa shape index (κ3) is 6.29. The van der Waals surface area contributed by atoms with Gasteiger partial charge in [0.1, 0.15) is 5.60 Å². The molecule has 1 aromatic carbocycles.